The van der Waals surface area contributed by atoms with Crippen molar-refractivity contribution >= 4 is 11.7 Å². The van der Waals surface area contributed by atoms with Gasteiger partial charge >= 0.3 is 6.03 Å². The van der Waals surface area contributed by atoms with E-state index in [1.165, 1.54) is 12.0 Å². The molecule has 11 heteroatoms. The maximum atomic E-state index is 13.4. The monoisotopic (exact) mass is 564 g/mol. The van der Waals surface area contributed by atoms with Crippen molar-refractivity contribution in [1.29, 1.82) is 0 Å². The zero-order chi connectivity index (χ0) is 28.8. The summed E-state index contributed by atoms with van der Waals surface area (Å²) >= 11 is 0. The molecule has 3 aromatic rings. The molecule has 0 radical (unpaired) electrons. The predicted octanol–water partition coefficient (Wildman–Crippen LogP) is 3.08. The summed E-state index contributed by atoms with van der Waals surface area (Å²) in [6.45, 7) is 7.35. The first-order valence-electron chi connectivity index (χ1n) is 14.6. The number of amides is 2. The molecule has 2 aliphatic rings. The quantitative estimate of drug-likeness (QED) is 0.366. The Hall–Kier alpha value is -3.41. The third kappa shape index (κ3) is 7.87. The number of benzene rings is 2. The van der Waals surface area contributed by atoms with Crippen molar-refractivity contribution in [3.8, 4) is 11.4 Å². The molecule has 2 fully saturated rings. The van der Waals surface area contributed by atoms with Crippen LogP contribution in [0.5, 0.6) is 0 Å². The minimum atomic E-state index is -0.226. The van der Waals surface area contributed by atoms with Crippen LogP contribution in [0.25, 0.3) is 11.4 Å². The minimum absolute atomic E-state index is 0.0228. The highest BCUT2D eigenvalue weighted by molar-refractivity contribution is 5.90. The fourth-order valence-corrected chi connectivity index (χ4v) is 6.39. The van der Waals surface area contributed by atoms with Crippen molar-refractivity contribution < 1.29 is 14.3 Å². The van der Waals surface area contributed by atoms with Crippen LogP contribution in [0.3, 0.4) is 0 Å². The summed E-state index contributed by atoms with van der Waals surface area (Å²) in [6, 6.07) is 12.5. The molecule has 0 saturated carbocycles. The van der Waals surface area contributed by atoms with Crippen molar-refractivity contribution in [1.82, 2.24) is 35.3 Å². The van der Waals surface area contributed by atoms with Gasteiger partial charge in [0, 0.05) is 63.0 Å². The number of piperidine rings is 2. The summed E-state index contributed by atoms with van der Waals surface area (Å²) in [6.07, 6.45) is 4.08. The van der Waals surface area contributed by atoms with Crippen molar-refractivity contribution in [2.75, 3.05) is 51.2 Å². The molecule has 41 heavy (non-hydrogen) atoms. The number of nitrogens with zero attached hydrogens (tertiary/aromatic N) is 6. The van der Waals surface area contributed by atoms with E-state index in [1.807, 2.05) is 37.3 Å². The molecule has 0 bridgehead atoms. The topological polar surface area (TPSA) is 111 Å². The molecule has 1 aromatic heterocycles. The maximum absolute atomic E-state index is 13.4. The van der Waals surface area contributed by atoms with Crippen LogP contribution in [0.1, 0.15) is 30.4 Å². The van der Waals surface area contributed by atoms with Gasteiger partial charge in [0.2, 0.25) is 0 Å². The summed E-state index contributed by atoms with van der Waals surface area (Å²) in [5.74, 6) is 1.20. The number of β-amino-alcohol motifs (C(OH)–C–C–N with tert-alkyl or cyclic N) is 1. The smallest absolute Gasteiger partial charge is 0.319 e. The molecule has 220 valence electrons. The van der Waals surface area contributed by atoms with Crippen LogP contribution in [0.4, 0.5) is 14.9 Å². The fraction of sp³-hybridized carbons (Fsp3) is 0.533. The van der Waals surface area contributed by atoms with E-state index in [0.717, 1.165) is 63.1 Å². The highest BCUT2D eigenvalue weighted by Gasteiger charge is 2.33. The van der Waals surface area contributed by atoms with Crippen LogP contribution < -0.4 is 10.6 Å². The van der Waals surface area contributed by atoms with E-state index in [4.69, 9.17) is 0 Å². The number of tetrazole rings is 1. The lowest BCUT2D eigenvalue weighted by atomic mass is 9.88. The second-order valence-corrected chi connectivity index (χ2v) is 11.6. The Kier molecular flexibility index (Phi) is 9.58. The number of aromatic nitrogens is 4. The Morgan fingerprint density at radius 2 is 1.93 bits per heavy atom. The Morgan fingerprint density at radius 1 is 1.10 bits per heavy atom. The minimum Gasteiger partial charge on any atom is -0.395 e. The van der Waals surface area contributed by atoms with Crippen LogP contribution in [-0.4, -0.2) is 93.1 Å². The number of carbonyl (C=O) groups excluding carboxylic acids is 1. The van der Waals surface area contributed by atoms with Gasteiger partial charge in [-0.1, -0.05) is 12.1 Å². The van der Waals surface area contributed by atoms with E-state index in [9.17, 15) is 14.3 Å². The van der Waals surface area contributed by atoms with E-state index >= 15 is 0 Å². The molecule has 3 atom stereocenters. The molecule has 0 spiro atoms. The summed E-state index contributed by atoms with van der Waals surface area (Å²) in [5, 5.41) is 27.6. The number of aryl methyl sites for hydroxylation is 2. The van der Waals surface area contributed by atoms with Gasteiger partial charge in [0.15, 0.2) is 5.82 Å². The van der Waals surface area contributed by atoms with Crippen molar-refractivity contribution in [2.45, 2.75) is 38.6 Å². The summed E-state index contributed by atoms with van der Waals surface area (Å²) in [7, 11) is 1.79. The standard InChI is InChI=1S/C30H41FN8O2/c1-21-14-24(29-34-35-36-37(29)2)17-27(15-21)32-30(41)33-28-9-11-38(12-13-40)19-25(28)20-39-10-3-4-23(18-39)16-22-5-7-26(31)8-6-22/h5-8,14-15,17,23,25,28,40H,3-4,9-13,16,18-20H2,1-2H3,(H2,32,33,41)/t23-,25-,28+/m0/s1. The molecule has 3 N–H and O–H groups in total. The van der Waals surface area contributed by atoms with E-state index < -0.39 is 0 Å². The van der Waals surface area contributed by atoms with E-state index in [0.29, 0.717) is 24.0 Å². The van der Waals surface area contributed by atoms with Crippen molar-refractivity contribution in [3.05, 3.63) is 59.4 Å². The Bertz CT molecular complexity index is 1300. The fourth-order valence-electron chi connectivity index (χ4n) is 6.39. The number of anilines is 1. The van der Waals surface area contributed by atoms with Gasteiger partial charge in [0.1, 0.15) is 5.82 Å². The largest absolute Gasteiger partial charge is 0.395 e. The van der Waals surface area contributed by atoms with Crippen LogP contribution in [0.15, 0.2) is 42.5 Å². The molecule has 2 saturated heterocycles. The van der Waals surface area contributed by atoms with Gasteiger partial charge in [-0.3, -0.25) is 0 Å². The predicted molar refractivity (Wildman–Crippen MR) is 156 cm³/mol. The van der Waals surface area contributed by atoms with Gasteiger partial charge in [0.25, 0.3) is 0 Å². The highest BCUT2D eigenvalue weighted by Crippen LogP contribution is 2.26. The van der Waals surface area contributed by atoms with Gasteiger partial charge in [-0.25, -0.2) is 13.9 Å². The Balaban J connectivity index is 1.22. The number of carbonyl (C=O) groups is 1. The average Bonchev–Trinajstić information content (AvgIpc) is 3.37. The number of likely N-dealkylation sites (tertiary alicyclic amines) is 2. The lowest BCUT2D eigenvalue weighted by molar-refractivity contribution is 0.0760. The average molecular weight is 565 g/mol. The number of hydrogen-bond acceptors (Lipinski definition) is 7. The lowest BCUT2D eigenvalue weighted by Crippen LogP contribution is -2.56. The zero-order valence-corrected chi connectivity index (χ0v) is 24.0. The van der Waals surface area contributed by atoms with E-state index in [-0.39, 0.29) is 30.4 Å². The number of hydrogen-bond donors (Lipinski definition) is 3. The van der Waals surface area contributed by atoms with Gasteiger partial charge in [-0.15, -0.1) is 5.10 Å². The molecule has 2 aromatic carbocycles. The normalized spacial score (nSPS) is 22.0. The molecule has 0 unspecified atom stereocenters. The second kappa shape index (κ2) is 13.5. The molecule has 2 amide bonds. The molecule has 0 aliphatic carbocycles. The number of rotatable bonds is 9. The molecule has 2 aliphatic heterocycles. The number of aliphatic hydroxyl groups excluding tert-OH is 1. The van der Waals surface area contributed by atoms with Gasteiger partial charge in [0.05, 0.1) is 6.61 Å². The molecular formula is C30H41FN8O2. The summed E-state index contributed by atoms with van der Waals surface area (Å²) < 4.78 is 15.0. The third-order valence-corrected chi connectivity index (χ3v) is 8.30. The SMILES string of the molecule is Cc1cc(NC(=O)N[C@@H]2CCN(CCO)C[C@H]2CN2CCC[C@@H](Cc3ccc(F)cc3)C2)cc(-c2nnnn2C)c1. The third-order valence-electron chi connectivity index (χ3n) is 8.30. The Morgan fingerprint density at radius 3 is 2.68 bits per heavy atom. The Labute approximate surface area is 240 Å². The van der Waals surface area contributed by atoms with Gasteiger partial charge in [-0.2, -0.15) is 0 Å². The second-order valence-electron chi connectivity index (χ2n) is 11.6. The lowest BCUT2D eigenvalue weighted by Gasteiger charge is -2.42. The number of halogens is 1. The van der Waals surface area contributed by atoms with Crippen molar-refractivity contribution in [3.63, 3.8) is 0 Å². The first-order valence-corrected chi connectivity index (χ1v) is 14.6. The maximum Gasteiger partial charge on any atom is 0.319 e. The first kappa shape index (κ1) is 29.1. The zero-order valence-electron chi connectivity index (χ0n) is 24.0. The number of nitrogens with one attached hydrogen (secondary N) is 2. The van der Waals surface area contributed by atoms with E-state index in [1.54, 1.807) is 23.9 Å². The molecule has 5 rings (SSSR count). The van der Waals surface area contributed by atoms with Crippen LogP contribution in [-0.2, 0) is 13.5 Å². The molecular weight excluding hydrogens is 523 g/mol. The van der Waals surface area contributed by atoms with Gasteiger partial charge in [-0.05, 0) is 97.0 Å². The summed E-state index contributed by atoms with van der Waals surface area (Å²) in [4.78, 5) is 18.0. The van der Waals surface area contributed by atoms with Gasteiger partial charge < -0.3 is 25.5 Å². The number of urea groups is 1. The van der Waals surface area contributed by atoms with Crippen LogP contribution >= 0.6 is 0 Å². The number of aliphatic hydroxyl groups is 1. The summed E-state index contributed by atoms with van der Waals surface area (Å²) in [5.41, 5.74) is 3.70. The van der Waals surface area contributed by atoms with E-state index in [2.05, 4.69) is 36.0 Å². The molecule has 10 nitrogen and oxygen atoms in total. The first-order chi connectivity index (χ1) is 19.9. The van der Waals surface area contributed by atoms with Crippen LogP contribution in [0, 0.1) is 24.6 Å². The van der Waals surface area contributed by atoms with Crippen molar-refractivity contribution in [2.24, 2.45) is 18.9 Å². The molecule has 3 heterocycles. The highest BCUT2D eigenvalue weighted by atomic mass is 19.1. The van der Waals surface area contributed by atoms with Crippen LogP contribution in [0.2, 0.25) is 0 Å².